The predicted molar refractivity (Wildman–Crippen MR) is 139 cm³/mol. The summed E-state index contributed by atoms with van der Waals surface area (Å²) in [6.45, 7) is 3.05. The van der Waals surface area contributed by atoms with E-state index in [1.54, 1.807) is 12.1 Å². The van der Waals surface area contributed by atoms with E-state index in [0.717, 1.165) is 49.2 Å². The molecule has 182 valence electrons. The van der Waals surface area contributed by atoms with E-state index >= 15 is 0 Å². The van der Waals surface area contributed by atoms with Gasteiger partial charge in [0.15, 0.2) is 9.84 Å². The summed E-state index contributed by atoms with van der Waals surface area (Å²) in [5.41, 5.74) is 4.54. The molecule has 0 aromatic heterocycles. The van der Waals surface area contributed by atoms with Gasteiger partial charge in [-0.3, -0.25) is 4.79 Å². The molecule has 5 nitrogen and oxygen atoms in total. The molecule has 35 heavy (non-hydrogen) atoms. The second-order valence-corrected chi connectivity index (χ2v) is 11.8. The van der Waals surface area contributed by atoms with E-state index in [0.29, 0.717) is 17.4 Å². The molecule has 2 atom stereocenters. The largest absolute Gasteiger partial charge is 0.342 e. The molecule has 1 amide bonds. The lowest BCUT2D eigenvalue weighted by molar-refractivity contribution is -0.136. The third-order valence-electron chi connectivity index (χ3n) is 7.56. The van der Waals surface area contributed by atoms with Gasteiger partial charge < -0.3 is 10.2 Å². The second-order valence-electron chi connectivity index (χ2n) is 9.77. The molecule has 2 saturated heterocycles. The molecule has 2 heterocycles. The fourth-order valence-corrected chi connectivity index (χ4v) is 6.25. The summed E-state index contributed by atoms with van der Waals surface area (Å²) in [5, 5.41) is 3.46. The van der Waals surface area contributed by atoms with Gasteiger partial charge >= 0.3 is 0 Å². The Labute approximate surface area is 208 Å². The highest BCUT2D eigenvalue weighted by Crippen LogP contribution is 2.37. The highest BCUT2D eigenvalue weighted by Gasteiger charge is 2.38. The molecule has 1 unspecified atom stereocenters. The van der Waals surface area contributed by atoms with Crippen LogP contribution in [0.25, 0.3) is 11.1 Å². The zero-order valence-electron chi connectivity index (χ0n) is 20.1. The topological polar surface area (TPSA) is 66.5 Å². The molecule has 0 aliphatic carbocycles. The van der Waals surface area contributed by atoms with E-state index in [2.05, 4.69) is 46.6 Å². The number of hydrogen-bond donors (Lipinski definition) is 1. The van der Waals surface area contributed by atoms with Crippen LogP contribution in [-0.4, -0.2) is 51.7 Å². The van der Waals surface area contributed by atoms with Gasteiger partial charge in [-0.2, -0.15) is 0 Å². The SMILES string of the molecule is CS(=O)(=O)c1ccc(-c2ccccc2C2CNC[C@H]2C(=O)N2CCC(c3ccccc3)CC2)cc1. The van der Waals surface area contributed by atoms with Crippen molar-refractivity contribution in [3.63, 3.8) is 0 Å². The van der Waals surface area contributed by atoms with Gasteiger partial charge in [0, 0.05) is 38.4 Å². The van der Waals surface area contributed by atoms with E-state index in [1.165, 1.54) is 11.8 Å². The van der Waals surface area contributed by atoms with Gasteiger partial charge in [-0.1, -0.05) is 66.7 Å². The molecule has 3 aromatic carbocycles. The summed E-state index contributed by atoms with van der Waals surface area (Å²) in [5.74, 6) is 0.752. The highest BCUT2D eigenvalue weighted by molar-refractivity contribution is 7.90. The molecule has 3 aromatic rings. The van der Waals surface area contributed by atoms with Crippen molar-refractivity contribution in [1.82, 2.24) is 10.2 Å². The van der Waals surface area contributed by atoms with Crippen LogP contribution < -0.4 is 5.32 Å². The lowest BCUT2D eigenvalue weighted by atomic mass is 9.82. The lowest BCUT2D eigenvalue weighted by Gasteiger charge is -2.35. The Bertz CT molecular complexity index is 1280. The third-order valence-corrected chi connectivity index (χ3v) is 8.69. The Morgan fingerprint density at radius 1 is 0.857 bits per heavy atom. The first-order chi connectivity index (χ1) is 16.9. The van der Waals surface area contributed by atoms with Gasteiger partial charge in [-0.05, 0) is 53.1 Å². The molecule has 1 N–H and O–H groups in total. The van der Waals surface area contributed by atoms with Gasteiger partial charge in [-0.15, -0.1) is 0 Å². The van der Waals surface area contributed by atoms with Gasteiger partial charge in [0.25, 0.3) is 0 Å². The molecule has 6 heteroatoms. The molecule has 2 aliphatic rings. The van der Waals surface area contributed by atoms with Crippen LogP contribution in [0.2, 0.25) is 0 Å². The number of carbonyl (C=O) groups excluding carboxylic acids is 1. The average Bonchev–Trinajstić information content (AvgIpc) is 3.38. The number of benzene rings is 3. The zero-order valence-corrected chi connectivity index (χ0v) is 20.9. The third kappa shape index (κ3) is 5.04. The van der Waals surface area contributed by atoms with E-state index in [9.17, 15) is 13.2 Å². The van der Waals surface area contributed by atoms with Crippen molar-refractivity contribution in [2.45, 2.75) is 29.6 Å². The maximum absolute atomic E-state index is 13.6. The minimum atomic E-state index is -3.24. The Kier molecular flexibility index (Phi) is 6.76. The monoisotopic (exact) mass is 488 g/mol. The van der Waals surface area contributed by atoms with E-state index in [1.807, 2.05) is 30.3 Å². The smallest absolute Gasteiger partial charge is 0.227 e. The average molecular weight is 489 g/mol. The fourth-order valence-electron chi connectivity index (χ4n) is 5.62. The molecule has 5 rings (SSSR count). The maximum Gasteiger partial charge on any atom is 0.227 e. The molecular formula is C29H32N2O3S. The van der Waals surface area contributed by atoms with E-state index in [4.69, 9.17) is 0 Å². The summed E-state index contributed by atoms with van der Waals surface area (Å²) in [4.78, 5) is 16.0. The van der Waals surface area contributed by atoms with Crippen LogP contribution in [0, 0.1) is 5.92 Å². The number of hydrogen-bond acceptors (Lipinski definition) is 4. The van der Waals surface area contributed by atoms with Gasteiger partial charge in [0.1, 0.15) is 0 Å². The maximum atomic E-state index is 13.6. The van der Waals surface area contributed by atoms with E-state index in [-0.39, 0.29) is 17.7 Å². The normalized spacial score (nSPS) is 21.2. The fraction of sp³-hybridized carbons (Fsp3) is 0.345. The summed E-state index contributed by atoms with van der Waals surface area (Å²) in [7, 11) is -3.24. The van der Waals surface area contributed by atoms with Gasteiger partial charge in [-0.25, -0.2) is 8.42 Å². The number of amides is 1. The van der Waals surface area contributed by atoms with Crippen LogP contribution in [0.5, 0.6) is 0 Å². The Morgan fingerprint density at radius 2 is 1.51 bits per heavy atom. The molecule has 2 aliphatic heterocycles. The van der Waals surface area contributed by atoms with Gasteiger partial charge in [0.2, 0.25) is 5.91 Å². The second kappa shape index (κ2) is 9.96. The summed E-state index contributed by atoms with van der Waals surface area (Å²) in [6, 6.07) is 25.9. The first-order valence-corrected chi connectivity index (χ1v) is 14.2. The van der Waals surface area contributed by atoms with Crippen molar-refractivity contribution >= 4 is 15.7 Å². The minimum absolute atomic E-state index is 0.0835. The van der Waals surface area contributed by atoms with Crippen LogP contribution >= 0.6 is 0 Å². The van der Waals surface area contributed by atoms with Gasteiger partial charge in [0.05, 0.1) is 10.8 Å². The first-order valence-electron chi connectivity index (χ1n) is 12.4. The van der Waals surface area contributed by atoms with Crippen molar-refractivity contribution < 1.29 is 13.2 Å². The summed E-state index contributed by atoms with van der Waals surface area (Å²) in [6.07, 6.45) is 3.23. The number of nitrogens with zero attached hydrogens (tertiary/aromatic N) is 1. The number of likely N-dealkylation sites (tertiary alicyclic amines) is 1. The number of sulfone groups is 1. The number of carbonyl (C=O) groups is 1. The number of rotatable bonds is 5. The molecular weight excluding hydrogens is 456 g/mol. The Balaban J connectivity index is 1.34. The number of piperidine rings is 1. The molecule has 0 spiro atoms. The van der Waals surface area contributed by atoms with Crippen LogP contribution in [0.1, 0.15) is 35.8 Å². The van der Waals surface area contributed by atoms with Crippen molar-refractivity contribution in [2.75, 3.05) is 32.4 Å². The Morgan fingerprint density at radius 3 is 2.20 bits per heavy atom. The van der Waals surface area contributed by atoms with E-state index < -0.39 is 9.84 Å². The molecule has 0 radical (unpaired) electrons. The van der Waals surface area contributed by atoms with Crippen LogP contribution in [0.4, 0.5) is 0 Å². The van der Waals surface area contributed by atoms with Crippen molar-refractivity contribution in [3.8, 4) is 11.1 Å². The van der Waals surface area contributed by atoms with Crippen molar-refractivity contribution in [3.05, 3.63) is 90.0 Å². The predicted octanol–water partition coefficient (Wildman–Crippen LogP) is 4.47. The molecule has 0 saturated carbocycles. The zero-order chi connectivity index (χ0) is 24.4. The summed E-state index contributed by atoms with van der Waals surface area (Å²) < 4.78 is 23.8. The highest BCUT2D eigenvalue weighted by atomic mass is 32.2. The van der Waals surface area contributed by atoms with Crippen LogP contribution in [0.3, 0.4) is 0 Å². The van der Waals surface area contributed by atoms with Crippen LogP contribution in [0.15, 0.2) is 83.8 Å². The van der Waals surface area contributed by atoms with Crippen molar-refractivity contribution in [1.29, 1.82) is 0 Å². The lowest BCUT2D eigenvalue weighted by Crippen LogP contribution is -2.43. The Hall–Kier alpha value is -2.96. The summed E-state index contributed by atoms with van der Waals surface area (Å²) >= 11 is 0. The minimum Gasteiger partial charge on any atom is -0.342 e. The quantitative estimate of drug-likeness (QED) is 0.576. The standard InChI is InChI=1S/C29H32N2O3S/c1-35(33,34)24-13-11-23(12-14-24)25-9-5-6-10-26(25)27-19-30-20-28(27)29(32)31-17-15-22(16-18-31)21-7-3-2-4-8-21/h2-14,22,27-28,30H,15-20H2,1H3/t27?,28-/m1/s1. The number of nitrogens with one attached hydrogen (secondary N) is 1. The molecule has 2 fully saturated rings. The molecule has 0 bridgehead atoms. The van der Waals surface area contributed by atoms with Crippen molar-refractivity contribution in [2.24, 2.45) is 5.92 Å². The van der Waals surface area contributed by atoms with Crippen LogP contribution in [-0.2, 0) is 14.6 Å². The first kappa shape index (κ1) is 23.8.